The molecule has 31 heavy (non-hydrogen) atoms. The second-order valence-corrected chi connectivity index (χ2v) is 9.47. The number of thioether (sulfide) groups is 1. The Morgan fingerprint density at radius 1 is 1.26 bits per heavy atom. The molecule has 0 fully saturated rings. The van der Waals surface area contributed by atoms with Gasteiger partial charge in [-0.3, -0.25) is 10.1 Å². The number of benzene rings is 1. The molecule has 1 atom stereocenters. The number of nitrogens with one attached hydrogen (secondary N) is 1. The van der Waals surface area contributed by atoms with Crippen molar-refractivity contribution in [3.8, 4) is 0 Å². The lowest BCUT2D eigenvalue weighted by Crippen LogP contribution is -2.24. The largest absolute Gasteiger partial charge is 0.320 e. The fraction of sp³-hybridized carbons (Fsp3) is 0.333. The van der Waals surface area contributed by atoms with Crippen molar-refractivity contribution in [2.75, 3.05) is 5.32 Å². The van der Waals surface area contributed by atoms with Crippen molar-refractivity contribution in [1.29, 1.82) is 0 Å². The lowest BCUT2D eigenvalue weighted by molar-refractivity contribution is -0.115. The number of aromatic nitrogens is 6. The topological polar surface area (TPSA) is 98.5 Å². The van der Waals surface area contributed by atoms with Gasteiger partial charge < -0.3 is 4.57 Å². The van der Waals surface area contributed by atoms with E-state index in [0.717, 1.165) is 27.1 Å². The third kappa shape index (κ3) is 4.31. The van der Waals surface area contributed by atoms with E-state index in [0.29, 0.717) is 23.3 Å². The average molecular weight is 454 g/mol. The van der Waals surface area contributed by atoms with Crippen LogP contribution in [0.3, 0.4) is 0 Å². The fourth-order valence-corrected chi connectivity index (χ4v) is 4.77. The molecule has 8 nitrogen and oxygen atoms in total. The molecule has 4 rings (SSSR count). The van der Waals surface area contributed by atoms with Crippen LogP contribution in [0.1, 0.15) is 38.1 Å². The molecule has 160 valence electrons. The van der Waals surface area contributed by atoms with Crippen molar-refractivity contribution in [3.63, 3.8) is 0 Å². The molecule has 1 aromatic carbocycles. The van der Waals surface area contributed by atoms with Crippen LogP contribution < -0.4 is 5.32 Å². The molecule has 0 aliphatic heterocycles. The minimum absolute atomic E-state index is 0.144. The van der Waals surface area contributed by atoms with Crippen LogP contribution in [0.25, 0.3) is 22.1 Å². The van der Waals surface area contributed by atoms with E-state index in [1.165, 1.54) is 23.1 Å². The fourth-order valence-electron chi connectivity index (χ4n) is 3.21. The molecule has 0 aliphatic carbocycles. The molecular weight excluding hydrogens is 430 g/mol. The first kappa shape index (κ1) is 21.4. The van der Waals surface area contributed by atoms with Gasteiger partial charge in [0.2, 0.25) is 16.2 Å². The average Bonchev–Trinajstić information content (AvgIpc) is 3.35. The number of fused-ring (bicyclic) bond motifs is 3. The molecule has 0 unspecified atom stereocenters. The molecule has 0 bridgehead atoms. The van der Waals surface area contributed by atoms with Gasteiger partial charge in [-0.2, -0.15) is 0 Å². The molecule has 3 heterocycles. The molecule has 0 aliphatic rings. The second-order valence-electron chi connectivity index (χ2n) is 7.29. The normalized spacial score (nSPS) is 12.5. The van der Waals surface area contributed by atoms with E-state index in [4.69, 9.17) is 4.98 Å². The predicted molar refractivity (Wildman–Crippen MR) is 126 cm³/mol. The monoisotopic (exact) mass is 453 g/mol. The van der Waals surface area contributed by atoms with E-state index >= 15 is 0 Å². The van der Waals surface area contributed by atoms with E-state index in [-0.39, 0.29) is 17.1 Å². The van der Waals surface area contributed by atoms with Crippen LogP contribution in [0.5, 0.6) is 0 Å². The van der Waals surface area contributed by atoms with Gasteiger partial charge in [0, 0.05) is 17.8 Å². The van der Waals surface area contributed by atoms with E-state index in [2.05, 4.69) is 36.9 Å². The minimum atomic E-state index is -0.372. The highest BCUT2D eigenvalue weighted by Crippen LogP contribution is 2.30. The number of carbonyl (C=O) groups is 1. The summed E-state index contributed by atoms with van der Waals surface area (Å²) in [6.07, 6.45) is 2.44. The van der Waals surface area contributed by atoms with Gasteiger partial charge in [-0.1, -0.05) is 68.1 Å². The van der Waals surface area contributed by atoms with Gasteiger partial charge in [0.1, 0.15) is 10.5 Å². The molecule has 4 aromatic rings. The van der Waals surface area contributed by atoms with Crippen LogP contribution in [0.2, 0.25) is 0 Å². The maximum Gasteiger partial charge on any atom is 0.239 e. The zero-order valence-electron chi connectivity index (χ0n) is 17.6. The van der Waals surface area contributed by atoms with Gasteiger partial charge in [-0.15, -0.1) is 27.0 Å². The van der Waals surface area contributed by atoms with E-state index in [1.54, 1.807) is 0 Å². The van der Waals surface area contributed by atoms with Crippen molar-refractivity contribution < 1.29 is 4.79 Å². The van der Waals surface area contributed by atoms with Crippen LogP contribution in [-0.4, -0.2) is 41.1 Å². The highest BCUT2D eigenvalue weighted by Gasteiger charge is 2.23. The summed E-state index contributed by atoms with van der Waals surface area (Å²) in [5.74, 6) is 0.127. The second kappa shape index (κ2) is 9.11. The number of rotatable bonds is 8. The highest BCUT2D eigenvalue weighted by molar-refractivity contribution is 8.00. The maximum absolute atomic E-state index is 12.8. The molecule has 1 amide bonds. The molecule has 0 saturated carbocycles. The SMILES string of the molecule is C=CCn1c2ccccc2c2nnc(S[C@H](CC)C(=O)Nc3nnc(C(C)C)s3)nc21. The summed E-state index contributed by atoms with van der Waals surface area (Å²) in [6.45, 7) is 10.5. The van der Waals surface area contributed by atoms with E-state index < -0.39 is 0 Å². The summed E-state index contributed by atoms with van der Waals surface area (Å²) in [6, 6.07) is 8.00. The lowest BCUT2D eigenvalue weighted by Gasteiger charge is -2.12. The third-order valence-electron chi connectivity index (χ3n) is 4.74. The molecule has 3 aromatic heterocycles. The Morgan fingerprint density at radius 3 is 2.77 bits per heavy atom. The summed E-state index contributed by atoms with van der Waals surface area (Å²) in [7, 11) is 0. The summed E-state index contributed by atoms with van der Waals surface area (Å²) < 4.78 is 2.06. The number of hydrogen-bond donors (Lipinski definition) is 1. The van der Waals surface area contributed by atoms with Crippen molar-refractivity contribution in [2.24, 2.45) is 0 Å². The van der Waals surface area contributed by atoms with Gasteiger partial charge in [0.25, 0.3) is 0 Å². The number of allylic oxidation sites excluding steroid dienone is 1. The predicted octanol–water partition coefficient (Wildman–Crippen LogP) is 4.65. The van der Waals surface area contributed by atoms with Crippen molar-refractivity contribution >= 4 is 56.2 Å². The smallest absolute Gasteiger partial charge is 0.239 e. The first-order valence-electron chi connectivity index (χ1n) is 10.0. The molecule has 1 N–H and O–H groups in total. The standard InChI is InChI=1S/C21H23N7OS2/c1-5-11-28-14-10-8-7-9-13(14)16-17(28)22-20(26-24-16)30-15(6-2)18(29)23-21-27-25-19(31-21)12(3)4/h5,7-10,12,15H,1,6,11H2,2-4H3,(H,23,27,29)/t15-/m1/s1. The minimum Gasteiger partial charge on any atom is -0.320 e. The van der Waals surface area contributed by atoms with E-state index in [9.17, 15) is 4.79 Å². The maximum atomic E-state index is 12.8. The Labute approximate surface area is 188 Å². The molecule has 0 spiro atoms. The van der Waals surface area contributed by atoms with E-state index in [1.807, 2.05) is 51.1 Å². The summed E-state index contributed by atoms with van der Waals surface area (Å²) >= 11 is 2.70. The third-order valence-corrected chi connectivity index (χ3v) is 7.10. The Hall–Kier alpha value is -2.85. The quantitative estimate of drug-likeness (QED) is 0.306. The summed E-state index contributed by atoms with van der Waals surface area (Å²) in [4.78, 5) is 17.5. The lowest BCUT2D eigenvalue weighted by atomic mass is 10.2. The number of carbonyl (C=O) groups excluding carboxylic acids is 1. The Morgan fingerprint density at radius 2 is 2.06 bits per heavy atom. The molecule has 10 heteroatoms. The van der Waals surface area contributed by atoms with Crippen molar-refractivity contribution in [2.45, 2.75) is 50.1 Å². The van der Waals surface area contributed by atoms with Gasteiger partial charge in [0.15, 0.2) is 5.65 Å². The number of para-hydroxylation sites is 1. The summed E-state index contributed by atoms with van der Waals surface area (Å²) in [5.41, 5.74) is 2.51. The van der Waals surface area contributed by atoms with Crippen LogP contribution in [0, 0.1) is 0 Å². The Balaban J connectivity index is 1.60. The van der Waals surface area contributed by atoms with Gasteiger partial charge >= 0.3 is 0 Å². The highest BCUT2D eigenvalue weighted by atomic mass is 32.2. The van der Waals surface area contributed by atoms with Gasteiger partial charge in [-0.25, -0.2) is 4.98 Å². The number of amides is 1. The zero-order chi connectivity index (χ0) is 22.0. The molecule has 0 radical (unpaired) electrons. The number of hydrogen-bond acceptors (Lipinski definition) is 8. The van der Waals surface area contributed by atoms with Gasteiger partial charge in [0.05, 0.1) is 10.8 Å². The van der Waals surface area contributed by atoms with Crippen LogP contribution >= 0.6 is 23.1 Å². The van der Waals surface area contributed by atoms with Crippen LogP contribution in [0.4, 0.5) is 5.13 Å². The van der Waals surface area contributed by atoms with Crippen molar-refractivity contribution in [1.82, 2.24) is 29.9 Å². The van der Waals surface area contributed by atoms with Crippen molar-refractivity contribution in [3.05, 3.63) is 41.9 Å². The molecule has 0 saturated heterocycles. The van der Waals surface area contributed by atoms with Crippen LogP contribution in [0.15, 0.2) is 42.1 Å². The molecular formula is C21H23N7OS2. The zero-order valence-corrected chi connectivity index (χ0v) is 19.2. The van der Waals surface area contributed by atoms with Crippen LogP contribution in [-0.2, 0) is 11.3 Å². The number of nitrogens with zero attached hydrogens (tertiary/aromatic N) is 6. The first-order chi connectivity index (χ1) is 15.0. The Bertz CT molecular complexity index is 1250. The first-order valence-corrected chi connectivity index (χ1v) is 11.7. The Kier molecular flexibility index (Phi) is 6.28. The number of anilines is 1. The van der Waals surface area contributed by atoms with Gasteiger partial charge in [-0.05, 0) is 12.5 Å². The summed E-state index contributed by atoms with van der Waals surface area (Å²) in [5, 5.41) is 22.3.